The molecule has 4 nitrogen and oxygen atoms in total. The average molecular weight is 218 g/mol. The molecule has 0 aromatic heterocycles. The third kappa shape index (κ3) is 1.65. The minimum absolute atomic E-state index is 0.0613. The van der Waals surface area contributed by atoms with Gasteiger partial charge in [-0.25, -0.2) is 4.79 Å². The zero-order valence-electron chi connectivity index (χ0n) is 8.60. The van der Waals surface area contributed by atoms with Crippen molar-refractivity contribution in [3.8, 4) is 11.5 Å². The number of carboxylic acids is 1. The second-order valence-electron chi connectivity index (χ2n) is 3.39. The highest BCUT2D eigenvalue weighted by Gasteiger charge is 2.08. The fourth-order valence-corrected chi connectivity index (χ4v) is 1.57. The van der Waals surface area contributed by atoms with E-state index in [0.29, 0.717) is 16.5 Å². The summed E-state index contributed by atoms with van der Waals surface area (Å²) < 4.78 is 5.03. The van der Waals surface area contributed by atoms with E-state index < -0.39 is 5.97 Å². The predicted molar refractivity (Wildman–Crippen MR) is 59.1 cm³/mol. The van der Waals surface area contributed by atoms with E-state index in [1.165, 1.54) is 19.2 Å². The number of phenolic OH excluding ortho intramolecular Hbond substituents is 1. The van der Waals surface area contributed by atoms with Crippen LogP contribution in [0.1, 0.15) is 10.4 Å². The Balaban J connectivity index is 2.71. The molecule has 0 unspecified atom stereocenters. The van der Waals surface area contributed by atoms with Crippen molar-refractivity contribution in [1.29, 1.82) is 0 Å². The summed E-state index contributed by atoms with van der Waals surface area (Å²) >= 11 is 0. The van der Waals surface area contributed by atoms with E-state index >= 15 is 0 Å². The molecule has 0 aliphatic carbocycles. The molecule has 0 saturated carbocycles. The van der Waals surface area contributed by atoms with Gasteiger partial charge in [-0.05, 0) is 29.7 Å². The van der Waals surface area contributed by atoms with Crippen molar-refractivity contribution in [2.24, 2.45) is 0 Å². The number of hydrogen-bond donors (Lipinski definition) is 2. The van der Waals surface area contributed by atoms with Crippen LogP contribution in [0.2, 0.25) is 0 Å². The molecule has 0 spiro atoms. The molecule has 0 radical (unpaired) electrons. The Bertz CT molecular complexity index is 560. The molecular weight excluding hydrogens is 208 g/mol. The Hall–Kier alpha value is -2.23. The van der Waals surface area contributed by atoms with Crippen LogP contribution in [-0.2, 0) is 0 Å². The highest BCUT2D eigenvalue weighted by atomic mass is 16.5. The molecule has 2 aromatic carbocycles. The van der Waals surface area contributed by atoms with Crippen LogP contribution in [0.4, 0.5) is 0 Å². The first-order chi connectivity index (χ1) is 7.61. The highest BCUT2D eigenvalue weighted by molar-refractivity contribution is 5.97. The fourth-order valence-electron chi connectivity index (χ4n) is 1.57. The number of aromatic carboxylic acids is 1. The molecule has 0 bridgehead atoms. The minimum Gasteiger partial charge on any atom is -0.507 e. The third-order valence-corrected chi connectivity index (χ3v) is 2.39. The van der Waals surface area contributed by atoms with Crippen LogP contribution in [0.5, 0.6) is 11.5 Å². The molecule has 2 rings (SSSR count). The summed E-state index contributed by atoms with van der Waals surface area (Å²) in [5.41, 5.74) is 0.0650. The number of phenols is 1. The molecule has 0 atom stereocenters. The Morgan fingerprint density at radius 2 is 2.00 bits per heavy atom. The van der Waals surface area contributed by atoms with Crippen molar-refractivity contribution in [3.63, 3.8) is 0 Å². The molecular formula is C12H10O4. The summed E-state index contributed by atoms with van der Waals surface area (Å²) in [6, 6.07) is 7.82. The van der Waals surface area contributed by atoms with Gasteiger partial charge in [0.05, 0.1) is 12.7 Å². The molecule has 0 heterocycles. The van der Waals surface area contributed by atoms with Gasteiger partial charge in [0, 0.05) is 5.39 Å². The molecule has 0 fully saturated rings. The van der Waals surface area contributed by atoms with Crippen LogP contribution < -0.4 is 4.74 Å². The lowest BCUT2D eigenvalue weighted by molar-refractivity contribution is 0.0696. The Labute approximate surface area is 91.7 Å². The van der Waals surface area contributed by atoms with Gasteiger partial charge in [0.25, 0.3) is 0 Å². The van der Waals surface area contributed by atoms with Crippen molar-refractivity contribution >= 4 is 16.7 Å². The number of methoxy groups -OCH3 is 1. The van der Waals surface area contributed by atoms with E-state index in [1.807, 2.05) is 0 Å². The van der Waals surface area contributed by atoms with Crippen LogP contribution in [0.25, 0.3) is 10.8 Å². The maximum absolute atomic E-state index is 10.8. The first-order valence-corrected chi connectivity index (χ1v) is 4.66. The smallest absolute Gasteiger partial charge is 0.335 e. The van der Waals surface area contributed by atoms with Gasteiger partial charge < -0.3 is 14.9 Å². The van der Waals surface area contributed by atoms with E-state index in [2.05, 4.69) is 0 Å². The number of benzene rings is 2. The van der Waals surface area contributed by atoms with E-state index in [-0.39, 0.29) is 11.3 Å². The summed E-state index contributed by atoms with van der Waals surface area (Å²) in [5.74, 6) is -0.507. The number of carbonyl (C=O) groups is 1. The Kier molecular flexibility index (Phi) is 2.40. The zero-order chi connectivity index (χ0) is 11.7. The summed E-state index contributed by atoms with van der Waals surface area (Å²) in [5, 5.41) is 19.8. The Morgan fingerprint density at radius 3 is 2.62 bits per heavy atom. The first kappa shape index (κ1) is 10.3. The summed E-state index contributed by atoms with van der Waals surface area (Å²) in [7, 11) is 1.53. The molecule has 4 heteroatoms. The van der Waals surface area contributed by atoms with Gasteiger partial charge in [0.2, 0.25) is 0 Å². The van der Waals surface area contributed by atoms with Crippen molar-refractivity contribution in [3.05, 3.63) is 35.9 Å². The van der Waals surface area contributed by atoms with Gasteiger partial charge in [0.15, 0.2) is 0 Å². The quantitative estimate of drug-likeness (QED) is 0.811. The standard InChI is InChI=1S/C12H10O4/c1-16-9-3-2-7-4-8(12(14)15)5-11(13)10(7)6-9/h2-6,13H,1H3,(H,14,15). The van der Waals surface area contributed by atoms with E-state index in [0.717, 1.165) is 0 Å². The maximum Gasteiger partial charge on any atom is 0.335 e. The SMILES string of the molecule is COc1ccc2cc(C(=O)O)cc(O)c2c1. The molecule has 2 aromatic rings. The van der Waals surface area contributed by atoms with Crippen molar-refractivity contribution < 1.29 is 19.7 Å². The van der Waals surface area contributed by atoms with Gasteiger partial charge in [0.1, 0.15) is 11.5 Å². The van der Waals surface area contributed by atoms with Gasteiger partial charge in [-0.1, -0.05) is 6.07 Å². The lowest BCUT2D eigenvalue weighted by Gasteiger charge is -2.05. The second-order valence-corrected chi connectivity index (χ2v) is 3.39. The number of fused-ring (bicyclic) bond motifs is 1. The number of aromatic hydroxyl groups is 1. The van der Waals surface area contributed by atoms with Crippen molar-refractivity contribution in [2.75, 3.05) is 7.11 Å². The molecule has 0 amide bonds. The molecule has 0 saturated heterocycles. The zero-order valence-corrected chi connectivity index (χ0v) is 8.60. The van der Waals surface area contributed by atoms with Gasteiger partial charge in [-0.2, -0.15) is 0 Å². The van der Waals surface area contributed by atoms with Crippen LogP contribution in [-0.4, -0.2) is 23.3 Å². The minimum atomic E-state index is -1.06. The average Bonchev–Trinajstić information content (AvgIpc) is 2.28. The first-order valence-electron chi connectivity index (χ1n) is 4.66. The fraction of sp³-hybridized carbons (Fsp3) is 0.0833. The normalized spacial score (nSPS) is 10.3. The predicted octanol–water partition coefficient (Wildman–Crippen LogP) is 2.25. The number of ether oxygens (including phenoxy) is 1. The van der Waals surface area contributed by atoms with Crippen LogP contribution in [0.3, 0.4) is 0 Å². The lowest BCUT2D eigenvalue weighted by atomic mass is 10.1. The van der Waals surface area contributed by atoms with E-state index in [9.17, 15) is 9.90 Å². The highest BCUT2D eigenvalue weighted by Crippen LogP contribution is 2.29. The van der Waals surface area contributed by atoms with Gasteiger partial charge in [-0.15, -0.1) is 0 Å². The number of carboxylic acid groups (broad SMARTS) is 1. The molecule has 16 heavy (non-hydrogen) atoms. The Morgan fingerprint density at radius 1 is 1.25 bits per heavy atom. The van der Waals surface area contributed by atoms with Crippen LogP contribution >= 0.6 is 0 Å². The number of hydrogen-bond acceptors (Lipinski definition) is 3. The van der Waals surface area contributed by atoms with Crippen molar-refractivity contribution in [1.82, 2.24) is 0 Å². The monoisotopic (exact) mass is 218 g/mol. The third-order valence-electron chi connectivity index (χ3n) is 2.39. The second kappa shape index (κ2) is 3.73. The summed E-state index contributed by atoms with van der Waals surface area (Å²) in [6.07, 6.45) is 0. The van der Waals surface area contributed by atoms with Crippen LogP contribution in [0.15, 0.2) is 30.3 Å². The molecule has 0 aliphatic heterocycles. The van der Waals surface area contributed by atoms with E-state index in [4.69, 9.17) is 9.84 Å². The molecule has 82 valence electrons. The summed E-state index contributed by atoms with van der Waals surface area (Å²) in [4.78, 5) is 10.8. The van der Waals surface area contributed by atoms with Gasteiger partial charge >= 0.3 is 5.97 Å². The van der Waals surface area contributed by atoms with Crippen LogP contribution in [0, 0.1) is 0 Å². The molecule has 0 aliphatic rings. The van der Waals surface area contributed by atoms with Crippen molar-refractivity contribution in [2.45, 2.75) is 0 Å². The maximum atomic E-state index is 10.8. The molecule has 2 N–H and O–H groups in total. The van der Waals surface area contributed by atoms with E-state index in [1.54, 1.807) is 18.2 Å². The topological polar surface area (TPSA) is 66.8 Å². The van der Waals surface area contributed by atoms with Gasteiger partial charge in [-0.3, -0.25) is 0 Å². The summed E-state index contributed by atoms with van der Waals surface area (Å²) in [6.45, 7) is 0. The number of rotatable bonds is 2. The lowest BCUT2D eigenvalue weighted by Crippen LogP contribution is -1.95. The largest absolute Gasteiger partial charge is 0.507 e.